The van der Waals surface area contributed by atoms with Crippen LogP contribution in [0, 0.1) is 11.6 Å². The first-order valence-electron chi connectivity index (χ1n) is 6.12. The number of benzene rings is 1. The summed E-state index contributed by atoms with van der Waals surface area (Å²) in [4.78, 5) is -0.521. The normalized spacial score (nSPS) is 11.8. The number of hydrogen-bond acceptors (Lipinski definition) is 3. The van der Waals surface area contributed by atoms with Gasteiger partial charge in [-0.1, -0.05) is 13.0 Å². The smallest absolute Gasteiger partial charge is 0.246 e. The van der Waals surface area contributed by atoms with E-state index in [0.29, 0.717) is 0 Å². The van der Waals surface area contributed by atoms with E-state index in [9.17, 15) is 17.2 Å². The Labute approximate surface area is 118 Å². The van der Waals surface area contributed by atoms with Gasteiger partial charge in [-0.05, 0) is 19.2 Å². The first kappa shape index (κ1) is 16.7. The molecular weight excluding hydrogens is 286 g/mol. The average Bonchev–Trinajstić information content (AvgIpc) is 2.40. The lowest BCUT2D eigenvalue weighted by Crippen LogP contribution is -2.32. The Hall–Kier alpha value is -1.31. The standard InChI is InChI=1S/C13H18F2N2O2S/c1-4-8-17(5-2)20(18,19)12-7-6-11(14)10(9-16-3)13(12)15/h4,6-7,16H,1,5,8-9H2,2-3H3. The molecule has 0 atom stereocenters. The minimum absolute atomic E-state index is 0.0665. The zero-order valence-electron chi connectivity index (χ0n) is 11.5. The summed E-state index contributed by atoms with van der Waals surface area (Å²) in [5, 5.41) is 2.61. The molecule has 0 unspecified atom stereocenters. The van der Waals surface area contributed by atoms with Crippen molar-refractivity contribution < 1.29 is 17.2 Å². The van der Waals surface area contributed by atoms with Gasteiger partial charge < -0.3 is 5.32 Å². The summed E-state index contributed by atoms with van der Waals surface area (Å²) in [6.45, 7) is 5.26. The van der Waals surface area contributed by atoms with E-state index in [1.54, 1.807) is 6.92 Å². The number of nitrogens with one attached hydrogen (secondary N) is 1. The van der Waals surface area contributed by atoms with Gasteiger partial charge in [-0.25, -0.2) is 17.2 Å². The van der Waals surface area contributed by atoms with E-state index in [4.69, 9.17) is 0 Å². The molecule has 1 aromatic rings. The summed E-state index contributed by atoms with van der Waals surface area (Å²) in [6, 6.07) is 1.91. The van der Waals surface area contributed by atoms with E-state index >= 15 is 0 Å². The SMILES string of the molecule is C=CCN(CC)S(=O)(=O)c1ccc(F)c(CNC)c1F. The van der Waals surface area contributed by atoms with Crippen LogP contribution in [0.5, 0.6) is 0 Å². The molecular formula is C13H18F2N2O2S. The van der Waals surface area contributed by atoms with Crippen LogP contribution in [0.3, 0.4) is 0 Å². The number of rotatable bonds is 7. The van der Waals surface area contributed by atoms with Gasteiger partial charge in [0.05, 0.1) is 0 Å². The van der Waals surface area contributed by atoms with E-state index in [0.717, 1.165) is 16.4 Å². The fourth-order valence-electron chi connectivity index (χ4n) is 1.79. The maximum absolute atomic E-state index is 14.2. The predicted octanol–water partition coefficient (Wildman–Crippen LogP) is 1.88. The highest BCUT2D eigenvalue weighted by molar-refractivity contribution is 7.89. The lowest BCUT2D eigenvalue weighted by atomic mass is 10.2. The number of likely N-dealkylation sites (N-methyl/N-ethyl adjacent to an activating group) is 1. The van der Waals surface area contributed by atoms with Gasteiger partial charge in [-0.15, -0.1) is 6.58 Å². The number of hydrogen-bond donors (Lipinski definition) is 1. The van der Waals surface area contributed by atoms with Crippen molar-refractivity contribution in [2.75, 3.05) is 20.1 Å². The van der Waals surface area contributed by atoms with Gasteiger partial charge >= 0.3 is 0 Å². The molecule has 0 fully saturated rings. The molecule has 4 nitrogen and oxygen atoms in total. The van der Waals surface area contributed by atoms with Gasteiger partial charge in [-0.3, -0.25) is 0 Å². The van der Waals surface area contributed by atoms with Gasteiger partial charge in [-0.2, -0.15) is 4.31 Å². The third kappa shape index (κ3) is 3.23. The monoisotopic (exact) mass is 304 g/mol. The van der Waals surface area contributed by atoms with Crippen molar-refractivity contribution in [3.63, 3.8) is 0 Å². The van der Waals surface area contributed by atoms with Crippen LogP contribution < -0.4 is 5.32 Å². The van der Waals surface area contributed by atoms with Crippen LogP contribution in [0.25, 0.3) is 0 Å². The molecule has 1 rings (SSSR count). The summed E-state index contributed by atoms with van der Waals surface area (Å²) in [5.74, 6) is -1.83. The Balaban J connectivity index is 3.39. The maximum atomic E-state index is 14.2. The molecule has 0 aromatic heterocycles. The molecule has 20 heavy (non-hydrogen) atoms. The summed E-state index contributed by atoms with van der Waals surface area (Å²) in [6.07, 6.45) is 1.41. The molecule has 7 heteroatoms. The molecule has 112 valence electrons. The molecule has 0 aliphatic rings. The maximum Gasteiger partial charge on any atom is 0.246 e. The molecule has 1 aromatic carbocycles. The van der Waals surface area contributed by atoms with E-state index in [2.05, 4.69) is 11.9 Å². The lowest BCUT2D eigenvalue weighted by Gasteiger charge is -2.20. The first-order chi connectivity index (χ1) is 9.39. The fourth-order valence-corrected chi connectivity index (χ4v) is 3.30. The van der Waals surface area contributed by atoms with Gasteiger partial charge in [0, 0.05) is 25.2 Å². The predicted molar refractivity (Wildman–Crippen MR) is 73.8 cm³/mol. The molecule has 0 radical (unpaired) electrons. The molecule has 0 bridgehead atoms. The van der Waals surface area contributed by atoms with Crippen molar-refractivity contribution in [2.45, 2.75) is 18.4 Å². The molecule has 0 saturated carbocycles. The second kappa shape index (κ2) is 6.92. The van der Waals surface area contributed by atoms with Crippen LogP contribution in [-0.2, 0) is 16.6 Å². The zero-order valence-corrected chi connectivity index (χ0v) is 12.3. The van der Waals surface area contributed by atoms with Crippen molar-refractivity contribution in [3.8, 4) is 0 Å². The van der Waals surface area contributed by atoms with Crippen molar-refractivity contribution in [2.24, 2.45) is 0 Å². The van der Waals surface area contributed by atoms with Gasteiger partial charge in [0.15, 0.2) is 5.82 Å². The number of sulfonamides is 1. The fraction of sp³-hybridized carbons (Fsp3) is 0.385. The minimum atomic E-state index is -4.01. The second-order valence-electron chi connectivity index (χ2n) is 4.11. The molecule has 0 aliphatic carbocycles. The molecule has 0 saturated heterocycles. The van der Waals surface area contributed by atoms with E-state index in [1.807, 2.05) is 0 Å². The quantitative estimate of drug-likeness (QED) is 0.783. The highest BCUT2D eigenvalue weighted by atomic mass is 32.2. The van der Waals surface area contributed by atoms with Crippen LogP contribution in [0.1, 0.15) is 12.5 Å². The van der Waals surface area contributed by atoms with Crippen LogP contribution in [0.15, 0.2) is 29.7 Å². The highest BCUT2D eigenvalue weighted by Crippen LogP contribution is 2.24. The Bertz CT molecular complexity index is 588. The van der Waals surface area contributed by atoms with E-state index in [-0.39, 0.29) is 25.2 Å². The van der Waals surface area contributed by atoms with Crippen molar-refractivity contribution in [1.29, 1.82) is 0 Å². The Morgan fingerprint density at radius 1 is 1.40 bits per heavy atom. The van der Waals surface area contributed by atoms with Crippen molar-refractivity contribution >= 4 is 10.0 Å². The van der Waals surface area contributed by atoms with E-state index < -0.39 is 26.6 Å². The largest absolute Gasteiger partial charge is 0.315 e. The van der Waals surface area contributed by atoms with Crippen LogP contribution in [-0.4, -0.2) is 32.9 Å². The highest BCUT2D eigenvalue weighted by Gasteiger charge is 2.28. The molecule has 0 aliphatic heterocycles. The number of halogens is 2. The van der Waals surface area contributed by atoms with Crippen LogP contribution in [0.4, 0.5) is 8.78 Å². The summed E-state index contributed by atoms with van der Waals surface area (Å²) in [5.41, 5.74) is -0.289. The Morgan fingerprint density at radius 2 is 2.05 bits per heavy atom. The first-order valence-corrected chi connectivity index (χ1v) is 7.56. The number of nitrogens with zero attached hydrogens (tertiary/aromatic N) is 1. The van der Waals surface area contributed by atoms with Crippen molar-refractivity contribution in [3.05, 3.63) is 42.0 Å². The molecule has 0 spiro atoms. The minimum Gasteiger partial charge on any atom is -0.315 e. The lowest BCUT2D eigenvalue weighted by molar-refractivity contribution is 0.450. The topological polar surface area (TPSA) is 49.4 Å². The summed E-state index contributed by atoms with van der Waals surface area (Å²) < 4.78 is 53.5. The van der Waals surface area contributed by atoms with Crippen LogP contribution in [0.2, 0.25) is 0 Å². The zero-order chi connectivity index (χ0) is 15.3. The second-order valence-corrected chi connectivity index (χ2v) is 6.02. The van der Waals surface area contributed by atoms with Crippen molar-refractivity contribution in [1.82, 2.24) is 9.62 Å². The third-order valence-electron chi connectivity index (χ3n) is 2.81. The van der Waals surface area contributed by atoms with Gasteiger partial charge in [0.1, 0.15) is 10.7 Å². The average molecular weight is 304 g/mol. The Morgan fingerprint density at radius 3 is 2.55 bits per heavy atom. The summed E-state index contributed by atoms with van der Waals surface area (Å²) >= 11 is 0. The molecule has 0 heterocycles. The van der Waals surface area contributed by atoms with E-state index in [1.165, 1.54) is 13.1 Å². The van der Waals surface area contributed by atoms with Gasteiger partial charge in [0.2, 0.25) is 10.0 Å². The van der Waals surface area contributed by atoms with Gasteiger partial charge in [0.25, 0.3) is 0 Å². The van der Waals surface area contributed by atoms with Crippen LogP contribution >= 0.6 is 0 Å². The third-order valence-corrected chi connectivity index (χ3v) is 4.77. The Kier molecular flexibility index (Phi) is 5.79. The summed E-state index contributed by atoms with van der Waals surface area (Å²) in [7, 11) is -2.48. The molecule has 1 N–H and O–H groups in total. The molecule has 0 amide bonds.